The molecule has 0 bridgehead atoms. The van der Waals surface area contributed by atoms with Gasteiger partial charge in [-0.25, -0.2) is 13.2 Å². The molecule has 116 valence electrons. The van der Waals surface area contributed by atoms with Gasteiger partial charge in [-0.3, -0.25) is 4.79 Å². The van der Waals surface area contributed by atoms with Crippen LogP contribution in [0, 0.1) is 17.5 Å². The molecule has 2 rings (SSSR count). The normalized spacial score (nSPS) is 13.5. The minimum absolute atomic E-state index is 0.214. The maximum Gasteiger partial charge on any atom is 0.254 e. The zero-order valence-corrected chi connectivity index (χ0v) is 11.7. The Hall–Kier alpha value is -2.34. The van der Waals surface area contributed by atoms with E-state index >= 15 is 0 Å². The summed E-state index contributed by atoms with van der Waals surface area (Å²) >= 11 is 0. The topological polar surface area (TPSA) is 49.3 Å². The van der Waals surface area contributed by atoms with Crippen molar-refractivity contribution in [2.45, 2.75) is 12.5 Å². The van der Waals surface area contributed by atoms with Crippen molar-refractivity contribution >= 4 is 5.91 Å². The van der Waals surface area contributed by atoms with E-state index in [2.05, 4.69) is 5.32 Å². The third-order valence-electron chi connectivity index (χ3n) is 3.24. The van der Waals surface area contributed by atoms with Crippen molar-refractivity contribution in [3.05, 3.63) is 71.0 Å². The second-order valence-electron chi connectivity index (χ2n) is 5.09. The Morgan fingerprint density at radius 1 is 1.09 bits per heavy atom. The van der Waals surface area contributed by atoms with Crippen molar-refractivity contribution in [1.29, 1.82) is 0 Å². The molecule has 1 atom stereocenters. The zero-order chi connectivity index (χ0) is 16.3. The van der Waals surface area contributed by atoms with Gasteiger partial charge in [-0.1, -0.05) is 12.1 Å². The third-order valence-corrected chi connectivity index (χ3v) is 3.24. The van der Waals surface area contributed by atoms with Crippen LogP contribution in [0.25, 0.3) is 0 Å². The van der Waals surface area contributed by atoms with E-state index in [-0.39, 0.29) is 12.1 Å². The molecule has 0 aliphatic carbocycles. The van der Waals surface area contributed by atoms with Crippen LogP contribution in [-0.4, -0.2) is 17.6 Å². The van der Waals surface area contributed by atoms with Crippen molar-refractivity contribution in [2.24, 2.45) is 0 Å². The molecule has 6 heteroatoms. The maximum absolute atomic E-state index is 13.5. The number of hydrogen-bond donors (Lipinski definition) is 2. The first kappa shape index (κ1) is 16.0. The van der Waals surface area contributed by atoms with Crippen molar-refractivity contribution in [3.8, 4) is 0 Å². The molecule has 1 unspecified atom stereocenters. The average Bonchev–Trinajstić information content (AvgIpc) is 2.45. The van der Waals surface area contributed by atoms with Gasteiger partial charge in [0.05, 0.1) is 12.1 Å². The number of carbonyl (C=O) groups is 1. The highest BCUT2D eigenvalue weighted by Crippen LogP contribution is 2.20. The van der Waals surface area contributed by atoms with E-state index in [1.165, 1.54) is 31.2 Å². The Morgan fingerprint density at radius 2 is 1.68 bits per heavy atom. The summed E-state index contributed by atoms with van der Waals surface area (Å²) in [4.78, 5) is 11.9. The molecule has 2 aromatic rings. The van der Waals surface area contributed by atoms with Crippen LogP contribution in [0.3, 0.4) is 0 Å². The summed E-state index contributed by atoms with van der Waals surface area (Å²) in [6, 6.07) is 7.74. The minimum Gasteiger partial charge on any atom is -0.384 e. The Kier molecular flexibility index (Phi) is 4.51. The molecule has 0 aliphatic heterocycles. The summed E-state index contributed by atoms with van der Waals surface area (Å²) in [5.41, 5.74) is -1.38. The fourth-order valence-corrected chi connectivity index (χ4v) is 1.93. The van der Waals surface area contributed by atoms with Gasteiger partial charge in [-0.2, -0.15) is 0 Å². The van der Waals surface area contributed by atoms with Crippen LogP contribution in [0.1, 0.15) is 22.8 Å². The van der Waals surface area contributed by atoms with Crippen molar-refractivity contribution in [3.63, 3.8) is 0 Å². The maximum atomic E-state index is 13.5. The van der Waals surface area contributed by atoms with Gasteiger partial charge >= 0.3 is 0 Å². The summed E-state index contributed by atoms with van der Waals surface area (Å²) in [5, 5.41) is 12.7. The number of aliphatic hydroxyl groups is 1. The average molecular weight is 309 g/mol. The van der Waals surface area contributed by atoms with Crippen LogP contribution in [0.5, 0.6) is 0 Å². The van der Waals surface area contributed by atoms with E-state index in [0.717, 1.165) is 12.1 Å². The van der Waals surface area contributed by atoms with Crippen LogP contribution in [-0.2, 0) is 5.60 Å². The Bertz CT molecular complexity index is 684. The lowest BCUT2D eigenvalue weighted by Gasteiger charge is -2.24. The fraction of sp³-hybridized carbons (Fsp3) is 0.188. The number of rotatable bonds is 4. The Balaban J connectivity index is 2.08. The summed E-state index contributed by atoms with van der Waals surface area (Å²) in [6.45, 7) is 1.22. The van der Waals surface area contributed by atoms with Crippen molar-refractivity contribution in [2.75, 3.05) is 6.54 Å². The van der Waals surface area contributed by atoms with Crippen LogP contribution < -0.4 is 5.32 Å². The summed E-state index contributed by atoms with van der Waals surface area (Å²) < 4.78 is 39.1. The second-order valence-corrected chi connectivity index (χ2v) is 5.09. The highest BCUT2D eigenvalue weighted by molar-refractivity contribution is 5.94. The molecule has 0 spiro atoms. The van der Waals surface area contributed by atoms with E-state index in [1.54, 1.807) is 0 Å². The molecule has 0 aliphatic rings. The predicted octanol–water partition coefficient (Wildman–Crippen LogP) is 2.74. The Morgan fingerprint density at radius 3 is 2.27 bits per heavy atom. The van der Waals surface area contributed by atoms with Gasteiger partial charge in [0, 0.05) is 6.07 Å². The van der Waals surface area contributed by atoms with E-state index in [0.29, 0.717) is 11.6 Å². The molecular formula is C16H14F3NO2. The summed E-state index contributed by atoms with van der Waals surface area (Å²) in [5.74, 6) is -3.00. The van der Waals surface area contributed by atoms with Gasteiger partial charge in [0.1, 0.15) is 23.1 Å². The summed E-state index contributed by atoms with van der Waals surface area (Å²) in [6.07, 6.45) is 0. The van der Waals surface area contributed by atoms with Crippen LogP contribution in [0.4, 0.5) is 13.2 Å². The van der Waals surface area contributed by atoms with Gasteiger partial charge in [-0.15, -0.1) is 0 Å². The largest absolute Gasteiger partial charge is 0.384 e. The lowest BCUT2D eigenvalue weighted by atomic mass is 9.96. The highest BCUT2D eigenvalue weighted by atomic mass is 19.1. The molecule has 22 heavy (non-hydrogen) atoms. The van der Waals surface area contributed by atoms with Crippen LogP contribution >= 0.6 is 0 Å². The standard InChI is InChI=1S/C16H14F3NO2/c1-16(22,10-2-4-11(17)5-3-10)9-20-15(21)13-7-6-12(18)8-14(13)19/h2-8,22H,9H2,1H3,(H,20,21). The first-order chi connectivity index (χ1) is 10.3. The number of amides is 1. The van der Waals surface area contributed by atoms with Crippen LogP contribution in [0.2, 0.25) is 0 Å². The van der Waals surface area contributed by atoms with E-state index in [4.69, 9.17) is 0 Å². The molecule has 0 heterocycles. The molecular weight excluding hydrogens is 295 g/mol. The lowest BCUT2D eigenvalue weighted by Crippen LogP contribution is -2.38. The van der Waals surface area contributed by atoms with Gasteiger partial charge in [0.15, 0.2) is 0 Å². The van der Waals surface area contributed by atoms with Gasteiger partial charge in [0.2, 0.25) is 0 Å². The lowest BCUT2D eigenvalue weighted by molar-refractivity contribution is 0.0524. The van der Waals surface area contributed by atoms with E-state index < -0.39 is 29.0 Å². The van der Waals surface area contributed by atoms with Gasteiger partial charge in [0.25, 0.3) is 5.91 Å². The number of halogens is 3. The minimum atomic E-state index is -1.46. The second kappa shape index (κ2) is 6.19. The molecule has 1 amide bonds. The van der Waals surface area contributed by atoms with E-state index in [1.807, 2.05) is 0 Å². The van der Waals surface area contributed by atoms with Gasteiger partial charge < -0.3 is 10.4 Å². The first-order valence-corrected chi connectivity index (χ1v) is 6.51. The molecule has 0 saturated heterocycles. The SMILES string of the molecule is CC(O)(CNC(=O)c1ccc(F)cc1F)c1ccc(F)cc1. The smallest absolute Gasteiger partial charge is 0.254 e. The molecule has 0 fully saturated rings. The molecule has 0 aromatic heterocycles. The molecule has 3 nitrogen and oxygen atoms in total. The predicted molar refractivity (Wildman–Crippen MR) is 74.7 cm³/mol. The Labute approximate surface area is 125 Å². The van der Waals surface area contributed by atoms with Gasteiger partial charge in [-0.05, 0) is 36.8 Å². The third kappa shape index (κ3) is 3.65. The number of benzene rings is 2. The number of carbonyl (C=O) groups excluding carboxylic acids is 1. The molecule has 0 saturated carbocycles. The number of nitrogens with one attached hydrogen (secondary N) is 1. The molecule has 2 aromatic carbocycles. The molecule has 0 radical (unpaired) electrons. The monoisotopic (exact) mass is 309 g/mol. The molecule has 2 N–H and O–H groups in total. The van der Waals surface area contributed by atoms with Crippen LogP contribution in [0.15, 0.2) is 42.5 Å². The van der Waals surface area contributed by atoms with Crippen molar-refractivity contribution in [1.82, 2.24) is 5.32 Å². The first-order valence-electron chi connectivity index (χ1n) is 6.51. The van der Waals surface area contributed by atoms with E-state index in [9.17, 15) is 23.1 Å². The van der Waals surface area contributed by atoms with Crippen molar-refractivity contribution < 1.29 is 23.1 Å². The highest BCUT2D eigenvalue weighted by Gasteiger charge is 2.24. The summed E-state index contributed by atoms with van der Waals surface area (Å²) in [7, 11) is 0. The fourth-order valence-electron chi connectivity index (χ4n) is 1.93. The number of hydrogen-bond acceptors (Lipinski definition) is 2. The quantitative estimate of drug-likeness (QED) is 0.912. The zero-order valence-electron chi connectivity index (χ0n) is 11.7.